The summed E-state index contributed by atoms with van der Waals surface area (Å²) >= 11 is 9.28. The number of carbonyl (C=O) groups excluding carboxylic acids is 1. The SMILES string of the molecule is C1CCCC1.COC(=O)/C(=C/[S-])SC[Si](C)(C)C.[Cl][Co+2]. The molecule has 0 amide bonds. The maximum atomic E-state index is 11.1. The molecule has 0 unspecified atom stereocenters. The van der Waals surface area contributed by atoms with Crippen molar-refractivity contribution in [3.05, 3.63) is 10.3 Å². The molecule has 1 fully saturated rings. The van der Waals surface area contributed by atoms with Gasteiger partial charge in [-0.1, -0.05) is 51.7 Å². The van der Waals surface area contributed by atoms with Crippen LogP contribution >= 0.6 is 21.9 Å². The summed E-state index contributed by atoms with van der Waals surface area (Å²) in [6, 6.07) is 0. The van der Waals surface area contributed by atoms with Crippen LogP contribution in [-0.4, -0.2) is 26.5 Å². The van der Waals surface area contributed by atoms with Gasteiger partial charge in [-0.25, -0.2) is 4.79 Å². The van der Waals surface area contributed by atoms with E-state index in [9.17, 15) is 4.79 Å². The number of hydrogen-bond acceptors (Lipinski definition) is 4. The summed E-state index contributed by atoms with van der Waals surface area (Å²) in [5.41, 5.74) is 0. The molecule has 0 radical (unpaired) electrons. The second-order valence-corrected chi connectivity index (χ2v) is 12.8. The molecule has 7 heteroatoms. The van der Waals surface area contributed by atoms with E-state index in [-0.39, 0.29) is 5.97 Å². The second kappa shape index (κ2) is 14.7. The summed E-state index contributed by atoms with van der Waals surface area (Å²) in [4.78, 5) is 11.6. The minimum atomic E-state index is -1.13. The van der Waals surface area contributed by atoms with Crippen LogP contribution in [-0.2, 0) is 37.0 Å². The molecule has 120 valence electrons. The Morgan fingerprint density at radius 1 is 1.25 bits per heavy atom. The van der Waals surface area contributed by atoms with E-state index in [1.807, 2.05) is 0 Å². The van der Waals surface area contributed by atoms with E-state index in [0.29, 0.717) is 4.91 Å². The van der Waals surface area contributed by atoms with Crippen LogP contribution in [0.15, 0.2) is 10.3 Å². The molecule has 0 heterocycles. The first-order valence-corrected chi connectivity index (χ1v) is 13.2. The number of ether oxygens (including phenoxy) is 1. The van der Waals surface area contributed by atoms with Gasteiger partial charge < -0.3 is 17.4 Å². The first kappa shape index (κ1) is 23.1. The molecule has 0 aromatic carbocycles. The molecule has 0 saturated heterocycles. The van der Waals surface area contributed by atoms with Crippen LogP contribution in [0.5, 0.6) is 0 Å². The van der Waals surface area contributed by atoms with E-state index >= 15 is 0 Å². The number of thioether (sulfide) groups is 1. The van der Waals surface area contributed by atoms with Gasteiger partial charge in [0, 0.05) is 0 Å². The normalized spacial score (nSPS) is 14.6. The fourth-order valence-corrected chi connectivity index (χ4v) is 4.34. The van der Waals surface area contributed by atoms with Crippen LogP contribution < -0.4 is 0 Å². The molecule has 0 N–H and O–H groups in total. The Hall–Kier alpha value is 0.793. The monoisotopic (exact) mass is 399 g/mol. The summed E-state index contributed by atoms with van der Waals surface area (Å²) in [5.74, 6) is -0.321. The minimum absolute atomic E-state index is 0.321. The number of rotatable bonds is 4. The van der Waals surface area contributed by atoms with Gasteiger partial charge in [-0.15, -0.1) is 11.8 Å². The van der Waals surface area contributed by atoms with E-state index < -0.39 is 8.07 Å². The van der Waals surface area contributed by atoms with E-state index in [1.54, 1.807) is 0 Å². The van der Waals surface area contributed by atoms with Gasteiger partial charge in [-0.2, -0.15) is 5.41 Å². The van der Waals surface area contributed by atoms with Crippen LogP contribution in [0.4, 0.5) is 0 Å². The molecule has 1 rings (SSSR count). The Bertz CT molecular complexity index is 272. The molecule has 2 nitrogen and oxygen atoms in total. The molecule has 1 aliphatic carbocycles. The standard InChI is InChI=1S/C8H16O2S2Si.C5H10.ClH.Co/c1-10-8(9)7(5-11)12-6-13(2,3)4;1-2-4-5-3-1;;/h5,11H,6H2,1-4H3;1-5H2;1H;/q;;;+3/p-2/b7-5-;;;. The second-order valence-electron chi connectivity index (χ2n) is 5.59. The quantitative estimate of drug-likeness (QED) is 0.293. The average Bonchev–Trinajstić information content (AvgIpc) is 2.99. The zero-order valence-electron chi connectivity index (χ0n) is 12.7. The summed E-state index contributed by atoms with van der Waals surface area (Å²) < 4.78 is 4.59. The summed E-state index contributed by atoms with van der Waals surface area (Å²) in [5, 5.41) is 2.39. The Morgan fingerprint density at radius 2 is 1.65 bits per heavy atom. The Labute approximate surface area is 147 Å². The predicted octanol–water partition coefficient (Wildman–Crippen LogP) is 4.80. The summed E-state index contributed by atoms with van der Waals surface area (Å²) in [6.45, 7) is 6.74. The van der Waals surface area contributed by atoms with Gasteiger partial charge in [0.25, 0.3) is 0 Å². The van der Waals surface area contributed by atoms with Crippen LogP contribution in [0.25, 0.3) is 0 Å². The molecule has 0 aliphatic heterocycles. The summed E-state index contributed by atoms with van der Waals surface area (Å²) in [7, 11) is 4.57. The topological polar surface area (TPSA) is 26.3 Å². The molecular formula is C13H25ClCoO2S2Si+. The van der Waals surface area contributed by atoms with Crippen molar-refractivity contribution in [1.29, 1.82) is 0 Å². The Morgan fingerprint density at radius 3 is 1.90 bits per heavy atom. The first-order chi connectivity index (χ1) is 9.40. The van der Waals surface area contributed by atoms with Crippen LogP contribution in [0.2, 0.25) is 19.6 Å². The van der Waals surface area contributed by atoms with Gasteiger partial charge in [0.1, 0.15) is 0 Å². The van der Waals surface area contributed by atoms with E-state index in [0.717, 1.165) is 5.38 Å². The van der Waals surface area contributed by atoms with E-state index in [2.05, 4.69) is 49.4 Å². The molecular weight excluding hydrogens is 375 g/mol. The van der Waals surface area contributed by atoms with Crippen molar-refractivity contribution in [1.82, 2.24) is 0 Å². The number of carbonyl (C=O) groups is 1. The molecule has 0 spiro atoms. The van der Waals surface area contributed by atoms with Gasteiger partial charge in [-0.3, -0.25) is 0 Å². The number of hydrogen-bond donors (Lipinski definition) is 0. The van der Waals surface area contributed by atoms with Crippen molar-refractivity contribution in [2.75, 3.05) is 12.5 Å². The maximum absolute atomic E-state index is 11.1. The molecule has 0 atom stereocenters. The van der Waals surface area contributed by atoms with Crippen LogP contribution in [0, 0.1) is 0 Å². The molecule has 0 bridgehead atoms. The fourth-order valence-electron chi connectivity index (χ4n) is 1.42. The molecule has 0 aromatic heterocycles. The van der Waals surface area contributed by atoms with Crippen molar-refractivity contribution in [3.63, 3.8) is 0 Å². The van der Waals surface area contributed by atoms with Gasteiger partial charge in [-0.05, 0) is 5.38 Å². The summed E-state index contributed by atoms with van der Waals surface area (Å²) in [6.07, 6.45) is 7.50. The van der Waals surface area contributed by atoms with Gasteiger partial charge in [0.2, 0.25) is 0 Å². The fraction of sp³-hybridized carbons (Fsp3) is 0.769. The number of methoxy groups -OCH3 is 1. The van der Waals surface area contributed by atoms with Crippen molar-refractivity contribution < 1.29 is 24.4 Å². The average molecular weight is 400 g/mol. The third kappa shape index (κ3) is 15.2. The van der Waals surface area contributed by atoms with Crippen molar-refractivity contribution in [2.24, 2.45) is 0 Å². The molecule has 20 heavy (non-hydrogen) atoms. The van der Waals surface area contributed by atoms with Crippen molar-refractivity contribution in [3.8, 4) is 0 Å². The molecule has 0 aromatic rings. The zero-order valence-corrected chi connectivity index (χ0v) is 17.1. The third-order valence-electron chi connectivity index (χ3n) is 2.40. The first-order valence-electron chi connectivity index (χ1n) is 6.56. The van der Waals surface area contributed by atoms with Crippen LogP contribution in [0.1, 0.15) is 32.1 Å². The van der Waals surface area contributed by atoms with Crippen LogP contribution in [0.3, 0.4) is 0 Å². The zero-order chi connectivity index (χ0) is 16.0. The Balaban J connectivity index is 0. The van der Waals surface area contributed by atoms with Crippen molar-refractivity contribution in [2.45, 2.75) is 51.7 Å². The molecule has 1 aliphatic rings. The van der Waals surface area contributed by atoms with Crippen molar-refractivity contribution >= 4 is 48.6 Å². The number of esters is 1. The van der Waals surface area contributed by atoms with Gasteiger partial charge in [0.05, 0.1) is 20.1 Å². The predicted molar refractivity (Wildman–Crippen MR) is 92.2 cm³/mol. The Kier molecular flexibility index (Phi) is 17.0. The van der Waals surface area contributed by atoms with Gasteiger partial charge in [0.15, 0.2) is 0 Å². The number of halogens is 1. The molecule has 1 saturated carbocycles. The third-order valence-corrected chi connectivity index (χ3v) is 7.43. The van der Waals surface area contributed by atoms with Gasteiger partial charge >= 0.3 is 31.0 Å². The van der Waals surface area contributed by atoms with E-state index in [1.165, 1.54) is 56.4 Å². The van der Waals surface area contributed by atoms with E-state index in [4.69, 9.17) is 12.6 Å².